The summed E-state index contributed by atoms with van der Waals surface area (Å²) in [7, 11) is 1.14. The van der Waals surface area contributed by atoms with Crippen molar-refractivity contribution >= 4 is 52.4 Å². The molecule has 1 aliphatic carbocycles. The van der Waals surface area contributed by atoms with Crippen molar-refractivity contribution in [2.24, 2.45) is 0 Å². The molecule has 7 nitrogen and oxygen atoms in total. The fourth-order valence-corrected chi connectivity index (χ4v) is 4.95. The molecule has 0 atom stereocenters. The number of methoxy groups -OCH3 is 1. The number of anilines is 1. The van der Waals surface area contributed by atoms with Crippen molar-refractivity contribution in [3.63, 3.8) is 0 Å². The van der Waals surface area contributed by atoms with Gasteiger partial charge in [0.1, 0.15) is 11.5 Å². The van der Waals surface area contributed by atoms with Crippen LogP contribution >= 0.6 is 22.9 Å². The second-order valence-corrected chi connectivity index (χ2v) is 9.05. The lowest BCUT2D eigenvalue weighted by Gasteiger charge is -2.25. The van der Waals surface area contributed by atoms with Gasteiger partial charge in [0.25, 0.3) is 11.8 Å². The maximum absolute atomic E-state index is 15.2. The van der Waals surface area contributed by atoms with E-state index in [4.69, 9.17) is 22.8 Å². The number of esters is 2. The molecule has 1 heterocycles. The Kier molecular flexibility index (Phi) is 8.96. The molecular weight excluding hydrogens is 516 g/mol. The molecule has 36 heavy (non-hydrogen) atoms. The van der Waals surface area contributed by atoms with Gasteiger partial charge >= 0.3 is 11.9 Å². The summed E-state index contributed by atoms with van der Waals surface area (Å²) in [6, 6.07) is 4.48. The van der Waals surface area contributed by atoms with Crippen LogP contribution in [-0.2, 0) is 30.3 Å². The van der Waals surface area contributed by atoms with E-state index in [1.54, 1.807) is 0 Å². The number of halogens is 3. The van der Waals surface area contributed by atoms with E-state index in [0.29, 0.717) is 29.1 Å². The van der Waals surface area contributed by atoms with Gasteiger partial charge in [-0.15, -0.1) is 17.8 Å². The van der Waals surface area contributed by atoms with Crippen LogP contribution in [0.4, 0.5) is 14.5 Å². The van der Waals surface area contributed by atoms with Crippen molar-refractivity contribution in [1.29, 1.82) is 0 Å². The van der Waals surface area contributed by atoms with Gasteiger partial charge in [0.2, 0.25) is 5.13 Å². The molecule has 1 aromatic carbocycles. The number of imide groups is 1. The van der Waals surface area contributed by atoms with E-state index in [1.165, 1.54) is 12.1 Å². The summed E-state index contributed by atoms with van der Waals surface area (Å²) in [5.74, 6) is -2.22. The van der Waals surface area contributed by atoms with E-state index in [0.717, 1.165) is 19.2 Å². The van der Waals surface area contributed by atoms with Crippen molar-refractivity contribution in [3.8, 4) is 12.3 Å². The molecule has 2 aromatic rings. The Morgan fingerprint density at radius 1 is 1.14 bits per heavy atom. The summed E-state index contributed by atoms with van der Waals surface area (Å²) in [5, 5.41) is -1.38. The van der Waals surface area contributed by atoms with Gasteiger partial charge in [-0.25, -0.2) is 14.1 Å². The quantitative estimate of drug-likeness (QED) is 0.292. The van der Waals surface area contributed by atoms with Crippen LogP contribution in [0, 0.1) is 23.3 Å². The highest BCUT2D eigenvalue weighted by Gasteiger charge is 2.37. The molecule has 0 fully saturated rings. The normalized spacial score (nSPS) is 13.1. The molecule has 188 valence electrons. The number of rotatable bonds is 7. The molecule has 0 bridgehead atoms. The summed E-state index contributed by atoms with van der Waals surface area (Å²) >= 11 is 6.81. The molecule has 0 spiro atoms. The summed E-state index contributed by atoms with van der Waals surface area (Å²) in [6.45, 7) is -0.322. The van der Waals surface area contributed by atoms with Gasteiger partial charge < -0.3 is 9.47 Å². The Bertz CT molecular complexity index is 1300. The zero-order chi connectivity index (χ0) is 26.4. The SMILES string of the molecule is C#CCOC(=O)C1=C(C(=O)N(C(=O)c2cccc(F)c2)c2c(F)sc(CC(=O)OC)c2Cl)CCCC1. The van der Waals surface area contributed by atoms with Crippen molar-refractivity contribution in [1.82, 2.24) is 0 Å². The third-order valence-corrected chi connectivity index (χ3v) is 6.83. The van der Waals surface area contributed by atoms with Crippen LogP contribution in [0.15, 0.2) is 35.4 Å². The number of amides is 2. The van der Waals surface area contributed by atoms with Gasteiger partial charge in [0.05, 0.1) is 18.6 Å². The highest BCUT2D eigenvalue weighted by Crippen LogP contribution is 2.41. The first-order chi connectivity index (χ1) is 17.2. The highest BCUT2D eigenvalue weighted by atomic mass is 35.5. The van der Waals surface area contributed by atoms with E-state index in [2.05, 4.69) is 10.7 Å². The fraction of sp³-hybridized carbons (Fsp3) is 0.280. The Morgan fingerprint density at radius 2 is 1.83 bits per heavy atom. The molecule has 1 aromatic heterocycles. The lowest BCUT2D eigenvalue weighted by molar-refractivity contribution is -0.140. The molecule has 2 amide bonds. The van der Waals surface area contributed by atoms with Crippen LogP contribution in [0.2, 0.25) is 5.02 Å². The average Bonchev–Trinajstić information content (AvgIpc) is 3.14. The fourth-order valence-electron chi connectivity index (χ4n) is 3.66. The molecule has 0 N–H and O–H groups in total. The van der Waals surface area contributed by atoms with Crippen LogP contribution < -0.4 is 4.90 Å². The van der Waals surface area contributed by atoms with E-state index in [9.17, 15) is 23.6 Å². The average molecular weight is 536 g/mol. The smallest absolute Gasteiger partial charge is 0.335 e. The predicted octanol–water partition coefficient (Wildman–Crippen LogP) is 4.62. The number of carbonyl (C=O) groups is 4. The Morgan fingerprint density at radius 3 is 2.47 bits per heavy atom. The number of ether oxygens (including phenoxy) is 2. The van der Waals surface area contributed by atoms with Crippen LogP contribution in [0.3, 0.4) is 0 Å². The zero-order valence-electron chi connectivity index (χ0n) is 19.1. The maximum atomic E-state index is 15.2. The number of thiophene rings is 1. The molecule has 0 saturated carbocycles. The summed E-state index contributed by atoms with van der Waals surface area (Å²) in [5.41, 5.74) is -0.911. The van der Waals surface area contributed by atoms with Crippen LogP contribution in [0.5, 0.6) is 0 Å². The summed E-state index contributed by atoms with van der Waals surface area (Å²) in [6.07, 6.45) is 6.11. The van der Waals surface area contributed by atoms with Gasteiger partial charge in [0, 0.05) is 21.6 Å². The molecule has 0 unspecified atom stereocenters. The largest absolute Gasteiger partial charge is 0.469 e. The second kappa shape index (κ2) is 11.9. The van der Waals surface area contributed by atoms with Gasteiger partial charge in [0.15, 0.2) is 6.61 Å². The van der Waals surface area contributed by atoms with Gasteiger partial charge in [-0.05, 0) is 43.9 Å². The lowest BCUT2D eigenvalue weighted by atomic mass is 9.90. The number of nitrogens with zero attached hydrogens (tertiary/aromatic N) is 1. The van der Waals surface area contributed by atoms with Crippen molar-refractivity contribution in [3.05, 3.63) is 61.8 Å². The number of carbonyl (C=O) groups excluding carboxylic acids is 4. The maximum Gasteiger partial charge on any atom is 0.335 e. The van der Waals surface area contributed by atoms with E-state index in [-0.39, 0.29) is 46.1 Å². The van der Waals surface area contributed by atoms with Gasteiger partial charge in [-0.1, -0.05) is 23.6 Å². The molecule has 0 aliphatic heterocycles. The third kappa shape index (κ3) is 5.80. The minimum Gasteiger partial charge on any atom is -0.469 e. The lowest BCUT2D eigenvalue weighted by Crippen LogP contribution is -2.40. The molecular formula is C25H20ClF2NO6S. The number of benzene rings is 1. The standard InChI is InChI=1S/C25H20ClF2NO6S/c1-3-11-35-25(33)17-10-5-4-9-16(17)24(32)29(23(31)14-7-6-8-15(27)12-14)21-20(26)18(36-22(21)28)13-19(30)34-2/h1,6-8,12H,4-5,9-11,13H2,2H3. The van der Waals surface area contributed by atoms with Gasteiger partial charge in [-0.3, -0.25) is 14.4 Å². The molecule has 0 saturated heterocycles. The minimum atomic E-state index is -1.07. The molecule has 0 radical (unpaired) electrons. The second-order valence-electron chi connectivity index (χ2n) is 7.61. The first-order valence-corrected chi connectivity index (χ1v) is 11.9. The van der Waals surface area contributed by atoms with Crippen LogP contribution in [-0.4, -0.2) is 37.5 Å². The molecule has 11 heteroatoms. The first-order valence-electron chi connectivity index (χ1n) is 10.7. The first kappa shape index (κ1) is 27.0. The third-order valence-electron chi connectivity index (χ3n) is 5.34. The Hall–Kier alpha value is -3.55. The predicted molar refractivity (Wildman–Crippen MR) is 129 cm³/mol. The minimum absolute atomic E-state index is 0.0140. The Balaban J connectivity index is 2.17. The summed E-state index contributed by atoms with van der Waals surface area (Å²) in [4.78, 5) is 52.1. The van der Waals surface area contributed by atoms with Crippen molar-refractivity contribution in [2.45, 2.75) is 32.1 Å². The van der Waals surface area contributed by atoms with Crippen LogP contribution in [0.25, 0.3) is 0 Å². The van der Waals surface area contributed by atoms with Crippen molar-refractivity contribution < 1.29 is 37.4 Å². The topological polar surface area (TPSA) is 90.0 Å². The van der Waals surface area contributed by atoms with Gasteiger partial charge in [-0.2, -0.15) is 4.39 Å². The highest BCUT2D eigenvalue weighted by molar-refractivity contribution is 7.11. The number of terminal acetylenes is 1. The van der Waals surface area contributed by atoms with Crippen LogP contribution in [0.1, 0.15) is 40.9 Å². The van der Waals surface area contributed by atoms with E-state index in [1.807, 2.05) is 0 Å². The van der Waals surface area contributed by atoms with E-state index < -0.39 is 46.8 Å². The van der Waals surface area contributed by atoms with Crippen molar-refractivity contribution in [2.75, 3.05) is 18.6 Å². The van der Waals surface area contributed by atoms with E-state index >= 15 is 4.39 Å². The summed E-state index contributed by atoms with van der Waals surface area (Å²) < 4.78 is 38.7. The monoisotopic (exact) mass is 535 g/mol. The number of hydrogen-bond donors (Lipinski definition) is 0. The molecule has 1 aliphatic rings. The molecule has 3 rings (SSSR count). The number of hydrogen-bond acceptors (Lipinski definition) is 7. The Labute approximate surface area is 214 Å². The zero-order valence-corrected chi connectivity index (χ0v) is 20.6.